The number of rotatable bonds is 3. The molecule has 3 rings (SSSR count). The average Bonchev–Trinajstić information content (AvgIpc) is 2.87. The molecule has 0 aliphatic carbocycles. The lowest BCUT2D eigenvalue weighted by molar-refractivity contribution is 0.637. The molecule has 21 heavy (non-hydrogen) atoms. The number of aromatic nitrogens is 2. The van der Waals surface area contributed by atoms with Crippen LogP contribution in [0.25, 0.3) is 11.0 Å². The van der Waals surface area contributed by atoms with Gasteiger partial charge < -0.3 is 4.57 Å². The second kappa shape index (κ2) is 5.55. The fraction of sp³-hybridized carbons (Fsp3) is 0.125. The third-order valence-corrected chi connectivity index (χ3v) is 3.56. The van der Waals surface area contributed by atoms with Gasteiger partial charge in [0.2, 0.25) is 0 Å². The predicted octanol–water partition coefficient (Wildman–Crippen LogP) is 3.83. The molecule has 2 aromatic carbocycles. The van der Waals surface area contributed by atoms with Crippen molar-refractivity contribution in [3.8, 4) is 6.07 Å². The lowest BCUT2D eigenvalue weighted by atomic mass is 10.1. The van der Waals surface area contributed by atoms with E-state index in [0.717, 1.165) is 5.56 Å². The Balaban J connectivity index is 2.11. The van der Waals surface area contributed by atoms with Gasteiger partial charge in [-0.3, -0.25) is 0 Å². The maximum Gasteiger partial charge on any atom is 0.151 e. The minimum Gasteiger partial charge on any atom is -0.322 e. The molecule has 0 N–H and O–H groups in total. The molecule has 0 saturated carbocycles. The molecule has 0 fully saturated rings. The van der Waals surface area contributed by atoms with E-state index in [-0.39, 0.29) is 11.7 Å². The van der Waals surface area contributed by atoms with Crippen LogP contribution in [0.1, 0.15) is 17.0 Å². The van der Waals surface area contributed by atoms with Crippen molar-refractivity contribution in [3.63, 3.8) is 0 Å². The van der Waals surface area contributed by atoms with Crippen LogP contribution in [0.15, 0.2) is 42.5 Å². The number of benzene rings is 2. The van der Waals surface area contributed by atoms with Crippen LogP contribution in [0.2, 0.25) is 0 Å². The summed E-state index contributed by atoms with van der Waals surface area (Å²) in [7, 11) is 0. The van der Waals surface area contributed by atoms with Crippen LogP contribution in [-0.4, -0.2) is 9.55 Å². The molecule has 0 spiro atoms. The van der Waals surface area contributed by atoms with Crippen molar-refractivity contribution in [2.45, 2.75) is 12.4 Å². The van der Waals surface area contributed by atoms with Crippen LogP contribution in [0.3, 0.4) is 0 Å². The first-order valence-electron chi connectivity index (χ1n) is 6.41. The molecule has 0 bridgehead atoms. The molecule has 1 heterocycles. The van der Waals surface area contributed by atoms with Gasteiger partial charge in [0.1, 0.15) is 11.3 Å². The van der Waals surface area contributed by atoms with Gasteiger partial charge in [0.15, 0.2) is 5.82 Å². The first-order valence-corrected chi connectivity index (χ1v) is 6.95. The number of fused-ring (bicyclic) bond motifs is 1. The number of nitrogens with zero attached hydrogens (tertiary/aromatic N) is 3. The minimum absolute atomic E-state index is 0.200. The third kappa shape index (κ3) is 2.48. The molecule has 0 amide bonds. The Kier molecular flexibility index (Phi) is 3.59. The largest absolute Gasteiger partial charge is 0.322 e. The summed E-state index contributed by atoms with van der Waals surface area (Å²) in [6.45, 7) is 0.498. The molecule has 0 atom stereocenters. The molecule has 0 radical (unpaired) electrons. The Hall–Kier alpha value is -2.38. The highest BCUT2D eigenvalue weighted by Crippen LogP contribution is 2.21. The lowest BCUT2D eigenvalue weighted by Crippen LogP contribution is -2.04. The van der Waals surface area contributed by atoms with E-state index in [1.165, 1.54) is 6.07 Å². The Morgan fingerprint density at radius 3 is 2.81 bits per heavy atom. The van der Waals surface area contributed by atoms with Gasteiger partial charge >= 0.3 is 0 Å². The van der Waals surface area contributed by atoms with Gasteiger partial charge in [0.25, 0.3) is 0 Å². The molecule has 0 aliphatic rings. The zero-order valence-corrected chi connectivity index (χ0v) is 11.8. The highest BCUT2D eigenvalue weighted by molar-refractivity contribution is 6.16. The number of halogens is 2. The van der Waals surface area contributed by atoms with Crippen molar-refractivity contribution in [2.24, 2.45) is 0 Å². The van der Waals surface area contributed by atoms with Crippen molar-refractivity contribution >= 4 is 22.6 Å². The lowest BCUT2D eigenvalue weighted by Gasteiger charge is -2.08. The van der Waals surface area contributed by atoms with Crippen LogP contribution in [0.5, 0.6) is 0 Å². The summed E-state index contributed by atoms with van der Waals surface area (Å²) in [6.07, 6.45) is 0. The maximum absolute atomic E-state index is 13.8. The van der Waals surface area contributed by atoms with Crippen LogP contribution in [0, 0.1) is 17.1 Å². The number of alkyl halides is 1. The highest BCUT2D eigenvalue weighted by atomic mass is 35.5. The Labute approximate surface area is 126 Å². The molecule has 0 unspecified atom stereocenters. The SMILES string of the molecule is N#Cc1cccc(Cn2c(CCl)nc3c(F)cccc32)c1. The highest BCUT2D eigenvalue weighted by Gasteiger charge is 2.13. The number of nitriles is 1. The molecule has 3 aromatic rings. The topological polar surface area (TPSA) is 41.6 Å². The fourth-order valence-electron chi connectivity index (χ4n) is 2.36. The Bertz CT molecular complexity index is 848. The number of para-hydroxylation sites is 1. The minimum atomic E-state index is -0.358. The van der Waals surface area contributed by atoms with Gasteiger partial charge in [-0.1, -0.05) is 18.2 Å². The summed E-state index contributed by atoms with van der Waals surface area (Å²) in [5.74, 6) is 0.453. The van der Waals surface area contributed by atoms with E-state index in [2.05, 4.69) is 11.1 Å². The first-order chi connectivity index (χ1) is 10.2. The van der Waals surface area contributed by atoms with Crippen molar-refractivity contribution in [3.05, 3.63) is 65.2 Å². The van der Waals surface area contributed by atoms with E-state index < -0.39 is 0 Å². The van der Waals surface area contributed by atoms with Crippen molar-refractivity contribution in [1.82, 2.24) is 9.55 Å². The summed E-state index contributed by atoms with van der Waals surface area (Å²) in [5.41, 5.74) is 2.57. The van der Waals surface area contributed by atoms with E-state index in [1.807, 2.05) is 28.8 Å². The zero-order valence-electron chi connectivity index (χ0n) is 11.1. The van der Waals surface area contributed by atoms with E-state index in [1.54, 1.807) is 12.1 Å². The van der Waals surface area contributed by atoms with Crippen molar-refractivity contribution in [2.75, 3.05) is 0 Å². The van der Waals surface area contributed by atoms with Gasteiger partial charge in [-0.05, 0) is 29.8 Å². The van der Waals surface area contributed by atoms with E-state index in [4.69, 9.17) is 16.9 Å². The summed E-state index contributed by atoms with van der Waals surface area (Å²) in [5, 5.41) is 8.96. The monoisotopic (exact) mass is 299 g/mol. The molecular weight excluding hydrogens is 289 g/mol. The smallest absolute Gasteiger partial charge is 0.151 e. The van der Waals surface area contributed by atoms with Gasteiger partial charge in [0.05, 0.1) is 23.0 Å². The van der Waals surface area contributed by atoms with Gasteiger partial charge in [-0.2, -0.15) is 5.26 Å². The summed E-state index contributed by atoms with van der Waals surface area (Å²) in [6, 6.07) is 14.3. The van der Waals surface area contributed by atoms with Crippen molar-refractivity contribution in [1.29, 1.82) is 5.26 Å². The van der Waals surface area contributed by atoms with Crippen molar-refractivity contribution < 1.29 is 4.39 Å². The standard InChI is InChI=1S/C16H11ClFN3/c17-8-15-20-16-13(18)5-2-6-14(16)21(15)10-12-4-1-3-11(7-12)9-19/h1-7H,8,10H2. The van der Waals surface area contributed by atoms with Crippen LogP contribution >= 0.6 is 11.6 Å². The second-order valence-corrected chi connectivity index (χ2v) is 4.93. The Morgan fingerprint density at radius 2 is 2.05 bits per heavy atom. The van der Waals surface area contributed by atoms with Gasteiger partial charge in [-0.25, -0.2) is 9.37 Å². The molecule has 0 aliphatic heterocycles. The Morgan fingerprint density at radius 1 is 1.24 bits per heavy atom. The third-order valence-electron chi connectivity index (χ3n) is 3.33. The van der Waals surface area contributed by atoms with Crippen LogP contribution in [0.4, 0.5) is 4.39 Å². The van der Waals surface area contributed by atoms with E-state index in [0.29, 0.717) is 29.0 Å². The van der Waals surface area contributed by atoms with E-state index in [9.17, 15) is 4.39 Å². The average molecular weight is 300 g/mol. The number of hydrogen-bond donors (Lipinski definition) is 0. The number of hydrogen-bond acceptors (Lipinski definition) is 2. The summed E-state index contributed by atoms with van der Waals surface area (Å²) >= 11 is 5.92. The maximum atomic E-state index is 13.8. The normalized spacial score (nSPS) is 10.7. The van der Waals surface area contributed by atoms with Crippen LogP contribution < -0.4 is 0 Å². The molecular formula is C16H11ClFN3. The summed E-state index contributed by atoms with van der Waals surface area (Å²) in [4.78, 5) is 4.26. The fourth-order valence-corrected chi connectivity index (χ4v) is 2.57. The quantitative estimate of drug-likeness (QED) is 0.690. The first kappa shape index (κ1) is 13.6. The predicted molar refractivity (Wildman–Crippen MR) is 79.5 cm³/mol. The summed E-state index contributed by atoms with van der Waals surface area (Å²) < 4.78 is 15.7. The molecule has 0 saturated heterocycles. The molecule has 1 aromatic heterocycles. The van der Waals surface area contributed by atoms with Gasteiger partial charge in [0, 0.05) is 6.54 Å². The molecule has 104 valence electrons. The second-order valence-electron chi connectivity index (χ2n) is 4.67. The zero-order chi connectivity index (χ0) is 14.8. The molecule has 5 heteroatoms. The van der Waals surface area contributed by atoms with Crippen LogP contribution in [-0.2, 0) is 12.4 Å². The number of imidazole rings is 1. The van der Waals surface area contributed by atoms with E-state index >= 15 is 0 Å². The van der Waals surface area contributed by atoms with Gasteiger partial charge in [-0.15, -0.1) is 11.6 Å². The molecule has 3 nitrogen and oxygen atoms in total.